The zero-order valence-corrected chi connectivity index (χ0v) is 15.4. The van der Waals surface area contributed by atoms with Gasteiger partial charge in [0.1, 0.15) is 0 Å². The average molecular weight is 370 g/mol. The van der Waals surface area contributed by atoms with E-state index < -0.39 is 5.91 Å². The van der Waals surface area contributed by atoms with E-state index in [0.29, 0.717) is 22.9 Å². The Morgan fingerprint density at radius 2 is 1.59 bits per heavy atom. The minimum atomic E-state index is -0.403. The summed E-state index contributed by atoms with van der Waals surface area (Å²) in [5.74, 6) is 0.785. The topological polar surface area (TPSA) is 99.9 Å². The number of methoxy groups -OCH3 is 3. The molecule has 0 aliphatic rings. The number of primary amides is 1. The van der Waals surface area contributed by atoms with Gasteiger partial charge >= 0.3 is 0 Å². The van der Waals surface area contributed by atoms with Crippen molar-refractivity contribution in [2.45, 2.75) is 6.42 Å². The maximum absolute atomic E-state index is 12.1. The van der Waals surface area contributed by atoms with Crippen LogP contribution < -0.4 is 25.3 Å². The molecule has 2 aromatic carbocycles. The number of hydrogen-bond donors (Lipinski definition) is 2. The number of nitrogens with one attached hydrogen (secondary N) is 1. The fraction of sp³-hybridized carbons (Fsp3) is 0.200. The van der Waals surface area contributed by atoms with Gasteiger partial charge in [-0.25, -0.2) is 0 Å². The number of nitrogens with two attached hydrogens (primary N) is 1. The van der Waals surface area contributed by atoms with Crippen LogP contribution in [-0.2, 0) is 16.0 Å². The molecule has 0 aliphatic carbocycles. The lowest BCUT2D eigenvalue weighted by atomic mass is 10.1. The second-order valence-electron chi connectivity index (χ2n) is 5.62. The third-order valence-electron chi connectivity index (χ3n) is 3.71. The van der Waals surface area contributed by atoms with Gasteiger partial charge in [-0.1, -0.05) is 12.1 Å². The van der Waals surface area contributed by atoms with Crippen molar-refractivity contribution in [2.75, 3.05) is 26.6 Å². The number of ether oxygens (including phenoxy) is 3. The van der Waals surface area contributed by atoms with Crippen LogP contribution in [0.5, 0.6) is 17.2 Å². The smallest absolute Gasteiger partial charge is 0.248 e. The molecule has 3 N–H and O–H groups in total. The summed E-state index contributed by atoms with van der Waals surface area (Å²) in [7, 11) is 4.58. The second kappa shape index (κ2) is 9.28. The summed E-state index contributed by atoms with van der Waals surface area (Å²) >= 11 is 0. The Morgan fingerprint density at radius 3 is 2.07 bits per heavy atom. The normalized spacial score (nSPS) is 10.5. The predicted octanol–water partition coefficient (Wildman–Crippen LogP) is 2.39. The largest absolute Gasteiger partial charge is 0.493 e. The first kappa shape index (κ1) is 19.8. The third-order valence-corrected chi connectivity index (χ3v) is 3.71. The first-order valence-corrected chi connectivity index (χ1v) is 8.13. The molecule has 2 rings (SSSR count). The van der Waals surface area contributed by atoms with Crippen molar-refractivity contribution < 1.29 is 23.8 Å². The van der Waals surface area contributed by atoms with Crippen molar-refractivity contribution in [2.24, 2.45) is 5.73 Å². The van der Waals surface area contributed by atoms with Crippen LogP contribution in [-0.4, -0.2) is 33.1 Å². The van der Waals surface area contributed by atoms with Crippen LogP contribution in [0.3, 0.4) is 0 Å². The van der Waals surface area contributed by atoms with Gasteiger partial charge in [0, 0.05) is 11.8 Å². The highest BCUT2D eigenvalue weighted by Crippen LogP contribution is 2.38. The number of carbonyl (C=O) groups is 2. The number of carbonyl (C=O) groups excluding carboxylic acids is 2. The van der Waals surface area contributed by atoms with Crippen molar-refractivity contribution in [3.8, 4) is 17.2 Å². The Kier molecular flexibility index (Phi) is 6.82. The lowest BCUT2D eigenvalue weighted by molar-refractivity contribution is -0.117. The number of hydrogen-bond acceptors (Lipinski definition) is 5. The van der Waals surface area contributed by atoms with Crippen LogP contribution >= 0.6 is 0 Å². The molecular weight excluding hydrogens is 348 g/mol. The van der Waals surface area contributed by atoms with Crippen LogP contribution in [0, 0.1) is 0 Å². The van der Waals surface area contributed by atoms with Crippen molar-refractivity contribution >= 4 is 23.6 Å². The molecule has 0 saturated heterocycles. The molecule has 0 atom stereocenters. The van der Waals surface area contributed by atoms with Gasteiger partial charge in [-0.15, -0.1) is 0 Å². The first-order valence-electron chi connectivity index (χ1n) is 8.13. The van der Waals surface area contributed by atoms with E-state index in [1.165, 1.54) is 27.4 Å². The van der Waals surface area contributed by atoms with Gasteiger partial charge < -0.3 is 25.3 Å². The van der Waals surface area contributed by atoms with Gasteiger partial charge in [-0.2, -0.15) is 0 Å². The molecule has 7 heteroatoms. The Bertz CT molecular complexity index is 819. The maximum Gasteiger partial charge on any atom is 0.248 e. The number of rotatable bonds is 8. The van der Waals surface area contributed by atoms with E-state index in [1.807, 2.05) is 0 Å². The molecule has 27 heavy (non-hydrogen) atoms. The van der Waals surface area contributed by atoms with E-state index in [0.717, 1.165) is 11.1 Å². The highest BCUT2D eigenvalue weighted by molar-refractivity contribution is 6.02. The highest BCUT2D eigenvalue weighted by atomic mass is 16.5. The minimum absolute atomic E-state index is 0.162. The highest BCUT2D eigenvalue weighted by Gasteiger charge is 2.12. The van der Waals surface area contributed by atoms with E-state index in [1.54, 1.807) is 42.5 Å². The van der Waals surface area contributed by atoms with Gasteiger partial charge in [-0.05, 0) is 41.5 Å². The van der Waals surface area contributed by atoms with E-state index in [2.05, 4.69) is 5.32 Å². The average Bonchev–Trinajstić information content (AvgIpc) is 2.66. The first-order chi connectivity index (χ1) is 13.0. The Balaban J connectivity index is 2.09. The van der Waals surface area contributed by atoms with E-state index in [9.17, 15) is 9.59 Å². The summed E-state index contributed by atoms with van der Waals surface area (Å²) in [5.41, 5.74) is 7.27. The predicted molar refractivity (Wildman–Crippen MR) is 103 cm³/mol. The zero-order chi connectivity index (χ0) is 19.8. The molecule has 0 aliphatic heterocycles. The molecule has 0 heterocycles. The van der Waals surface area contributed by atoms with Crippen LogP contribution in [0.25, 0.3) is 6.08 Å². The van der Waals surface area contributed by atoms with Gasteiger partial charge in [-0.3, -0.25) is 9.59 Å². The second-order valence-corrected chi connectivity index (χ2v) is 5.62. The molecule has 2 aromatic rings. The summed E-state index contributed by atoms with van der Waals surface area (Å²) < 4.78 is 15.8. The molecule has 0 bridgehead atoms. The lowest BCUT2D eigenvalue weighted by Gasteiger charge is -2.12. The fourth-order valence-corrected chi connectivity index (χ4v) is 2.46. The molecule has 142 valence electrons. The quantitative estimate of drug-likeness (QED) is 0.695. The SMILES string of the molecule is COc1cc(/C=C/C(=O)Nc2ccc(CC(N)=O)cc2)cc(OC)c1OC. The lowest BCUT2D eigenvalue weighted by Crippen LogP contribution is -2.13. The summed E-state index contributed by atoms with van der Waals surface area (Å²) in [5, 5.41) is 2.74. The summed E-state index contributed by atoms with van der Waals surface area (Å²) in [4.78, 5) is 23.0. The van der Waals surface area contributed by atoms with Gasteiger partial charge in [0.05, 0.1) is 27.8 Å². The molecule has 0 aromatic heterocycles. The summed E-state index contributed by atoms with van der Waals surface area (Å²) in [6, 6.07) is 10.4. The molecule has 0 radical (unpaired) electrons. The fourth-order valence-electron chi connectivity index (χ4n) is 2.46. The summed E-state index contributed by atoms with van der Waals surface area (Å²) in [6.45, 7) is 0. The minimum Gasteiger partial charge on any atom is -0.493 e. The monoisotopic (exact) mass is 370 g/mol. The number of benzene rings is 2. The Morgan fingerprint density at radius 1 is 1.00 bits per heavy atom. The molecule has 0 saturated carbocycles. The number of anilines is 1. The summed E-state index contributed by atoms with van der Waals surface area (Å²) in [6.07, 6.45) is 3.20. The molecule has 0 fully saturated rings. The molecule has 0 spiro atoms. The van der Waals surface area contributed by atoms with Crippen molar-refractivity contribution in [1.82, 2.24) is 0 Å². The van der Waals surface area contributed by atoms with E-state index >= 15 is 0 Å². The van der Waals surface area contributed by atoms with Crippen LogP contribution in [0.1, 0.15) is 11.1 Å². The van der Waals surface area contributed by atoms with E-state index in [-0.39, 0.29) is 12.3 Å². The molecular formula is C20H22N2O5. The van der Waals surface area contributed by atoms with Crippen molar-refractivity contribution in [3.63, 3.8) is 0 Å². The van der Waals surface area contributed by atoms with Gasteiger partial charge in [0.2, 0.25) is 17.6 Å². The van der Waals surface area contributed by atoms with Crippen LogP contribution in [0.2, 0.25) is 0 Å². The van der Waals surface area contributed by atoms with Crippen molar-refractivity contribution in [3.05, 3.63) is 53.6 Å². The van der Waals surface area contributed by atoms with Crippen LogP contribution in [0.15, 0.2) is 42.5 Å². The Labute approximate surface area is 157 Å². The van der Waals surface area contributed by atoms with Gasteiger partial charge in [0.25, 0.3) is 0 Å². The van der Waals surface area contributed by atoms with E-state index in [4.69, 9.17) is 19.9 Å². The number of amides is 2. The molecule has 7 nitrogen and oxygen atoms in total. The van der Waals surface area contributed by atoms with Gasteiger partial charge in [0.15, 0.2) is 11.5 Å². The third kappa shape index (κ3) is 5.50. The van der Waals surface area contributed by atoms with Crippen molar-refractivity contribution in [1.29, 1.82) is 0 Å². The van der Waals surface area contributed by atoms with Crippen LogP contribution in [0.4, 0.5) is 5.69 Å². The zero-order valence-electron chi connectivity index (χ0n) is 15.4. The maximum atomic E-state index is 12.1. The standard InChI is InChI=1S/C20H22N2O5/c1-25-16-10-14(11-17(26-2)20(16)27-3)6-9-19(24)22-15-7-4-13(5-8-15)12-18(21)23/h4-11H,12H2,1-3H3,(H2,21,23)(H,22,24)/b9-6+. The molecule has 0 unspecified atom stereocenters. The molecule has 2 amide bonds. The Hall–Kier alpha value is -3.48.